The molecule has 1 aliphatic rings. The number of nitrogens with zero attached hydrogens (tertiary/aromatic N) is 1. The monoisotopic (exact) mass is 385 g/mol. The van der Waals surface area contributed by atoms with Crippen LogP contribution in [0.1, 0.15) is 43.1 Å². The highest BCUT2D eigenvalue weighted by Gasteiger charge is 2.54. The Bertz CT molecular complexity index is 1110. The number of hydrogen-bond donors (Lipinski definition) is 0. The molecule has 0 saturated carbocycles. The van der Waals surface area contributed by atoms with Crippen molar-refractivity contribution in [2.24, 2.45) is 0 Å². The number of nitro benzene ring substituents is 1. The molecule has 0 N–H and O–H groups in total. The minimum absolute atomic E-state index is 0.139. The molecule has 0 spiro atoms. The molecule has 3 aromatic rings. The maximum absolute atomic E-state index is 13.4. The van der Waals surface area contributed by atoms with Crippen molar-refractivity contribution in [1.82, 2.24) is 0 Å². The van der Waals surface area contributed by atoms with E-state index in [1.807, 2.05) is 0 Å². The Hall–Kier alpha value is -3.93. The average Bonchev–Trinajstić information content (AvgIpc) is 2.97. The van der Waals surface area contributed by atoms with Crippen molar-refractivity contribution >= 4 is 23.0 Å². The minimum atomic E-state index is -1.64. The fourth-order valence-corrected chi connectivity index (χ4v) is 3.80. The first-order chi connectivity index (χ1) is 13.9. The first-order valence-electron chi connectivity index (χ1n) is 8.97. The number of carbonyl (C=O) groups excluding carboxylic acids is 3. The molecule has 0 aromatic heterocycles. The summed E-state index contributed by atoms with van der Waals surface area (Å²) in [6, 6.07) is 20.3. The van der Waals surface area contributed by atoms with Gasteiger partial charge in [-0.2, -0.15) is 0 Å². The molecule has 0 atom stereocenters. The van der Waals surface area contributed by atoms with Crippen LogP contribution in [0.15, 0.2) is 78.9 Å². The first kappa shape index (κ1) is 18.4. The highest BCUT2D eigenvalue weighted by molar-refractivity contribution is 6.34. The molecule has 6 heteroatoms. The van der Waals surface area contributed by atoms with Gasteiger partial charge < -0.3 is 0 Å². The van der Waals surface area contributed by atoms with Gasteiger partial charge in [0.15, 0.2) is 17.3 Å². The number of ketones is 3. The second-order valence-corrected chi connectivity index (χ2v) is 6.88. The number of fused-ring (bicyclic) bond motifs is 1. The molecule has 0 saturated heterocycles. The number of benzene rings is 3. The zero-order chi connectivity index (χ0) is 20.6. The van der Waals surface area contributed by atoms with E-state index in [1.54, 1.807) is 54.6 Å². The third kappa shape index (κ3) is 2.86. The number of nitro groups is 1. The van der Waals surface area contributed by atoms with Crippen molar-refractivity contribution in [1.29, 1.82) is 0 Å². The van der Waals surface area contributed by atoms with Crippen LogP contribution < -0.4 is 0 Å². The van der Waals surface area contributed by atoms with Gasteiger partial charge in [0.2, 0.25) is 0 Å². The van der Waals surface area contributed by atoms with Crippen molar-refractivity contribution < 1.29 is 19.3 Å². The Morgan fingerprint density at radius 2 is 1.31 bits per heavy atom. The van der Waals surface area contributed by atoms with E-state index in [0.717, 1.165) is 0 Å². The molecule has 29 heavy (non-hydrogen) atoms. The van der Waals surface area contributed by atoms with Crippen molar-refractivity contribution in [2.45, 2.75) is 11.8 Å². The van der Waals surface area contributed by atoms with Crippen molar-refractivity contribution in [2.75, 3.05) is 0 Å². The van der Waals surface area contributed by atoms with E-state index in [0.29, 0.717) is 16.7 Å². The fourth-order valence-electron chi connectivity index (χ4n) is 3.80. The summed E-state index contributed by atoms with van der Waals surface area (Å²) >= 11 is 0. The predicted molar refractivity (Wildman–Crippen MR) is 105 cm³/mol. The third-order valence-electron chi connectivity index (χ3n) is 5.28. The van der Waals surface area contributed by atoms with E-state index in [4.69, 9.17) is 0 Å². The van der Waals surface area contributed by atoms with E-state index in [-0.39, 0.29) is 17.7 Å². The highest BCUT2D eigenvalue weighted by atomic mass is 16.6. The molecule has 6 nitrogen and oxygen atoms in total. The van der Waals surface area contributed by atoms with Gasteiger partial charge in [-0.05, 0) is 17.7 Å². The number of carbonyl (C=O) groups is 3. The van der Waals surface area contributed by atoms with E-state index >= 15 is 0 Å². The van der Waals surface area contributed by atoms with Crippen LogP contribution in [0.3, 0.4) is 0 Å². The molecular formula is C23H15NO5. The first-order valence-corrected chi connectivity index (χ1v) is 8.97. The van der Waals surface area contributed by atoms with Crippen LogP contribution in [-0.2, 0) is 5.41 Å². The molecule has 0 radical (unpaired) electrons. The molecule has 142 valence electrons. The van der Waals surface area contributed by atoms with E-state index in [2.05, 4.69) is 0 Å². The highest BCUT2D eigenvalue weighted by Crippen LogP contribution is 2.43. The van der Waals surface area contributed by atoms with Crippen LogP contribution in [0.25, 0.3) is 0 Å². The average molecular weight is 385 g/mol. The molecule has 1 aliphatic carbocycles. The molecule has 0 heterocycles. The van der Waals surface area contributed by atoms with Crippen LogP contribution in [0, 0.1) is 10.1 Å². The smallest absolute Gasteiger partial charge is 0.269 e. The number of Topliss-reactive ketones (excluding diaryl/α,β-unsaturated/α-hetero) is 3. The molecule has 0 amide bonds. The summed E-state index contributed by atoms with van der Waals surface area (Å²) in [6.45, 7) is 0. The lowest BCUT2D eigenvalue weighted by Gasteiger charge is -2.26. The molecule has 0 unspecified atom stereocenters. The van der Waals surface area contributed by atoms with Crippen LogP contribution >= 0.6 is 0 Å². The van der Waals surface area contributed by atoms with Gasteiger partial charge in [0.25, 0.3) is 5.69 Å². The lowest BCUT2D eigenvalue weighted by atomic mass is 9.71. The molecule has 0 aliphatic heterocycles. The zero-order valence-corrected chi connectivity index (χ0v) is 15.2. The summed E-state index contributed by atoms with van der Waals surface area (Å²) in [4.78, 5) is 50.1. The van der Waals surface area contributed by atoms with Crippen molar-refractivity contribution in [3.63, 3.8) is 0 Å². The van der Waals surface area contributed by atoms with Gasteiger partial charge >= 0.3 is 0 Å². The Morgan fingerprint density at radius 3 is 1.83 bits per heavy atom. The van der Waals surface area contributed by atoms with E-state index in [1.165, 1.54) is 24.3 Å². The Balaban J connectivity index is 1.79. The summed E-state index contributed by atoms with van der Waals surface area (Å²) in [5.41, 5.74) is -0.497. The van der Waals surface area contributed by atoms with Gasteiger partial charge in [0.05, 0.1) is 4.92 Å². The third-order valence-corrected chi connectivity index (χ3v) is 5.28. The Labute approximate surface area is 166 Å². The van der Waals surface area contributed by atoms with E-state index in [9.17, 15) is 24.5 Å². The second-order valence-electron chi connectivity index (χ2n) is 6.88. The lowest BCUT2D eigenvalue weighted by molar-refractivity contribution is -0.384. The largest absolute Gasteiger partial charge is 0.294 e. The molecule has 0 bridgehead atoms. The quantitative estimate of drug-likeness (QED) is 0.284. The van der Waals surface area contributed by atoms with Crippen LogP contribution in [0.5, 0.6) is 0 Å². The minimum Gasteiger partial charge on any atom is -0.294 e. The van der Waals surface area contributed by atoms with Gasteiger partial charge in [0.1, 0.15) is 5.41 Å². The van der Waals surface area contributed by atoms with Crippen molar-refractivity contribution in [3.05, 3.63) is 111 Å². The molecule has 4 rings (SSSR count). The maximum Gasteiger partial charge on any atom is 0.269 e. The van der Waals surface area contributed by atoms with Crippen LogP contribution in [-0.4, -0.2) is 22.3 Å². The number of rotatable bonds is 5. The number of hydrogen-bond acceptors (Lipinski definition) is 5. The van der Waals surface area contributed by atoms with Gasteiger partial charge in [-0.25, -0.2) is 0 Å². The lowest BCUT2D eigenvalue weighted by Crippen LogP contribution is -2.40. The number of non-ortho nitro benzene ring substituents is 1. The summed E-state index contributed by atoms with van der Waals surface area (Å²) in [5.74, 6) is -1.24. The standard InChI is InChI=1S/C23H15NO5/c25-20(15-10-12-17(13-11-15)24(28)29)14-23(16-6-2-1-3-7-16)21(26)18-8-4-5-9-19(18)22(23)27/h1-13H,14H2. The Morgan fingerprint density at radius 1 is 0.793 bits per heavy atom. The summed E-state index contributed by atoms with van der Waals surface area (Å²) < 4.78 is 0. The topological polar surface area (TPSA) is 94.3 Å². The normalized spacial score (nSPS) is 14.5. The molecule has 3 aromatic carbocycles. The SMILES string of the molecule is O=C(CC1(c2ccccc2)C(=O)c2ccccc2C1=O)c1ccc([N+](=O)[O-])cc1. The van der Waals surface area contributed by atoms with E-state index < -0.39 is 27.7 Å². The molecular weight excluding hydrogens is 370 g/mol. The zero-order valence-electron chi connectivity index (χ0n) is 15.2. The van der Waals surface area contributed by atoms with Gasteiger partial charge in [-0.3, -0.25) is 24.5 Å². The van der Waals surface area contributed by atoms with Crippen LogP contribution in [0.2, 0.25) is 0 Å². The summed E-state index contributed by atoms with van der Waals surface area (Å²) in [5, 5.41) is 10.8. The summed E-state index contributed by atoms with van der Waals surface area (Å²) in [7, 11) is 0. The van der Waals surface area contributed by atoms with Gasteiger partial charge in [-0.15, -0.1) is 0 Å². The summed E-state index contributed by atoms with van der Waals surface area (Å²) in [6.07, 6.45) is -0.346. The molecule has 0 fully saturated rings. The maximum atomic E-state index is 13.4. The second kappa shape index (κ2) is 6.91. The van der Waals surface area contributed by atoms with Gasteiger partial charge in [-0.1, -0.05) is 54.6 Å². The predicted octanol–water partition coefficient (Wildman–Crippen LogP) is 4.18. The van der Waals surface area contributed by atoms with Gasteiger partial charge in [0, 0.05) is 35.2 Å². The Kier molecular flexibility index (Phi) is 4.39. The van der Waals surface area contributed by atoms with Crippen molar-refractivity contribution in [3.8, 4) is 0 Å². The fraction of sp³-hybridized carbons (Fsp3) is 0.0870. The van der Waals surface area contributed by atoms with Crippen LogP contribution in [0.4, 0.5) is 5.69 Å².